The molecule has 242 valence electrons. The number of rotatable bonds is 9. The quantitative estimate of drug-likeness (QED) is 0.150. The van der Waals surface area contributed by atoms with Gasteiger partial charge < -0.3 is 0 Å². The van der Waals surface area contributed by atoms with Crippen LogP contribution in [0.1, 0.15) is 62.3 Å². The molecule has 0 saturated carbocycles. The Hall–Kier alpha value is 0.259. The summed E-state index contributed by atoms with van der Waals surface area (Å²) in [6.45, 7) is 33.0. The van der Waals surface area contributed by atoms with Crippen LogP contribution in [0.4, 0.5) is 0 Å². The molecule has 0 aliphatic heterocycles. The second-order valence-electron chi connectivity index (χ2n) is 15.9. The molecule has 0 aliphatic rings. The molecule has 0 N–H and O–H groups in total. The van der Waals surface area contributed by atoms with Crippen molar-refractivity contribution in [2.75, 3.05) is 37.4 Å². The van der Waals surface area contributed by atoms with Gasteiger partial charge in [0.15, 0.2) is 8.07 Å². The van der Waals surface area contributed by atoms with Gasteiger partial charge in [0.25, 0.3) is 0 Å². The molecule has 0 nitrogen and oxygen atoms in total. The Morgan fingerprint density at radius 1 is 0.442 bits per heavy atom. The molecule has 3 aromatic rings. The Balaban J connectivity index is 0.000000425. The summed E-state index contributed by atoms with van der Waals surface area (Å²) >= 11 is 0. The van der Waals surface area contributed by atoms with Crippen LogP contribution >= 0.6 is 31.7 Å². The summed E-state index contributed by atoms with van der Waals surface area (Å²) in [4.78, 5) is 0. The molecule has 3 unspecified atom stereocenters. The zero-order valence-electron chi connectivity index (χ0n) is 29.6. The van der Waals surface area contributed by atoms with Gasteiger partial charge in [-0.25, -0.2) is 0 Å². The Labute approximate surface area is 287 Å². The van der Waals surface area contributed by atoms with E-state index in [1.165, 1.54) is 15.9 Å². The molecule has 0 aliphatic carbocycles. The first-order valence-electron chi connectivity index (χ1n) is 15.9. The fraction of sp³-hybridized carbons (Fsp3) is 0.514. The van der Waals surface area contributed by atoms with Gasteiger partial charge >= 0.3 is 0 Å². The van der Waals surface area contributed by atoms with Crippen LogP contribution in [0.2, 0.25) is 6.55 Å². The van der Waals surface area contributed by atoms with Crippen LogP contribution in [-0.4, -0.2) is 60.9 Å². The van der Waals surface area contributed by atoms with E-state index in [1.807, 2.05) is 0 Å². The third-order valence-electron chi connectivity index (χ3n) is 9.10. The van der Waals surface area contributed by atoms with E-state index in [9.17, 15) is 0 Å². The first kappa shape index (κ1) is 41.3. The Morgan fingerprint density at radius 2 is 0.651 bits per heavy atom. The summed E-state index contributed by atoms with van der Waals surface area (Å²) in [5, 5.41) is 5.98. The fourth-order valence-corrected chi connectivity index (χ4v) is 34.4. The number of hydrogen-bond donors (Lipinski definition) is 0. The van der Waals surface area contributed by atoms with E-state index in [-0.39, 0.29) is 44.2 Å². The number of benzene rings is 3. The van der Waals surface area contributed by atoms with Crippen LogP contribution in [0, 0.1) is 0 Å². The molecule has 3 rings (SSSR count). The van der Waals surface area contributed by atoms with Gasteiger partial charge in [-0.3, -0.25) is 0 Å². The molecule has 0 spiro atoms. The van der Waals surface area contributed by atoms with Gasteiger partial charge in [-0.05, 0) is 122 Å². The van der Waals surface area contributed by atoms with Crippen LogP contribution in [0.15, 0.2) is 91.0 Å². The first-order chi connectivity index (χ1) is 19.3. The van der Waals surface area contributed by atoms with Crippen molar-refractivity contribution in [1.29, 1.82) is 0 Å². The van der Waals surface area contributed by atoms with Crippen molar-refractivity contribution in [1.82, 2.24) is 0 Å². The first-order valence-corrected chi connectivity index (χ1v) is 27.1. The minimum absolute atomic E-state index is 0. The van der Waals surface area contributed by atoms with Crippen molar-refractivity contribution in [3.63, 3.8) is 0 Å². The second-order valence-corrected chi connectivity index (χ2v) is 35.4. The summed E-state index contributed by atoms with van der Waals surface area (Å²) in [7, 11) is -2.75. The zero-order chi connectivity index (χ0) is 31.8. The fourth-order valence-electron chi connectivity index (χ4n) is 5.22. The SMILES string of the molecule is C[PH+](C[Si](C)(C[PH+](C)C(C)(C)C)C[PH+](C)C(C)(C)C)C(C)(C)C.[Pd].c1ccc([PH+](c2ccccc2)c2ccccc2)cc1. The van der Waals surface area contributed by atoms with Crippen molar-refractivity contribution in [2.45, 2.75) is 84.3 Å². The predicted molar refractivity (Wildman–Crippen MR) is 215 cm³/mol. The van der Waals surface area contributed by atoms with Crippen LogP contribution < -0.4 is 15.9 Å². The summed E-state index contributed by atoms with van der Waals surface area (Å²) in [5.74, 6) is 4.91. The molecule has 0 aromatic heterocycles. The Morgan fingerprint density at radius 3 is 0.837 bits per heavy atom. The Kier molecular flexibility index (Phi) is 17.3. The molecule has 0 bridgehead atoms. The summed E-state index contributed by atoms with van der Waals surface area (Å²) < 4.78 is 0. The van der Waals surface area contributed by atoms with Crippen molar-refractivity contribution >= 4 is 55.7 Å². The normalized spacial score (nSPS) is 15.8. The number of hydrogen-bond acceptors (Lipinski definition) is 0. The molecule has 3 atom stereocenters. The topological polar surface area (TPSA) is 0 Å². The molecule has 0 radical (unpaired) electrons. The van der Waals surface area contributed by atoms with E-state index in [1.54, 1.807) is 17.4 Å². The smallest absolute Gasteiger partial charge is 0.0620 e. The van der Waals surface area contributed by atoms with Gasteiger partial charge in [0.1, 0.15) is 15.9 Å². The standard InChI is InChI=1S/C19H45P3Si.C18H15P.Pd/c1-17(2,3)20(10)14-23(13,15-21(11)18(4,5)6)16-22(12)19(7,8)9;1-4-10-16(11-5-1)19(17-12-6-2-7-13-17)18-14-8-3-9-15-18;/h14-16H2,1-13H3;1-15H;/p+4. The predicted octanol–water partition coefficient (Wildman–Crippen LogP) is 9.78. The molecule has 6 heteroatoms. The van der Waals surface area contributed by atoms with Crippen LogP contribution in [-0.2, 0) is 20.4 Å². The van der Waals surface area contributed by atoms with Gasteiger partial charge in [0.2, 0.25) is 0 Å². The van der Waals surface area contributed by atoms with Gasteiger partial charge in [0, 0.05) is 40.4 Å². The van der Waals surface area contributed by atoms with Crippen LogP contribution in [0.3, 0.4) is 0 Å². The van der Waals surface area contributed by atoms with Crippen molar-refractivity contribution in [3.05, 3.63) is 91.0 Å². The summed E-state index contributed by atoms with van der Waals surface area (Å²) in [5.41, 5.74) is 0. The maximum Gasteiger partial charge on any atom is 0.178 e. The molecule has 0 saturated heterocycles. The molecular formula is C37H64P4PdSi+4. The van der Waals surface area contributed by atoms with E-state index in [0.29, 0.717) is 15.5 Å². The van der Waals surface area contributed by atoms with E-state index >= 15 is 0 Å². The minimum Gasteiger partial charge on any atom is -0.0620 e. The third-order valence-corrected chi connectivity index (χ3v) is 36.1. The zero-order valence-corrected chi connectivity index (χ0v) is 36.2. The maximum absolute atomic E-state index is 2.78. The monoisotopic (exact) mass is 766 g/mol. The van der Waals surface area contributed by atoms with Gasteiger partial charge in [-0.2, -0.15) is 0 Å². The maximum atomic E-state index is 2.78. The average Bonchev–Trinajstić information content (AvgIpc) is 2.89. The van der Waals surface area contributed by atoms with Crippen LogP contribution in [0.5, 0.6) is 0 Å². The van der Waals surface area contributed by atoms with Crippen LogP contribution in [0.25, 0.3) is 0 Å². The van der Waals surface area contributed by atoms with Gasteiger partial charge in [0.05, 0.1) is 40.7 Å². The van der Waals surface area contributed by atoms with Gasteiger partial charge in [-0.1, -0.05) is 61.1 Å². The molecular weight excluding hydrogens is 703 g/mol. The molecule has 0 heterocycles. The molecule has 43 heavy (non-hydrogen) atoms. The van der Waals surface area contributed by atoms with Crippen molar-refractivity contribution in [2.24, 2.45) is 0 Å². The molecule has 0 amide bonds. The van der Waals surface area contributed by atoms with Gasteiger partial charge in [-0.15, -0.1) is 0 Å². The van der Waals surface area contributed by atoms with E-state index in [2.05, 4.69) is 180 Å². The van der Waals surface area contributed by atoms with E-state index < -0.39 is 16.0 Å². The minimum atomic E-state index is -1.13. The summed E-state index contributed by atoms with van der Waals surface area (Å²) in [6.07, 6.45) is 0. The molecule has 0 fully saturated rings. The van der Waals surface area contributed by atoms with Crippen molar-refractivity contribution < 1.29 is 20.4 Å². The summed E-state index contributed by atoms with van der Waals surface area (Å²) in [6, 6.07) is 32.5. The van der Waals surface area contributed by atoms with E-state index in [0.717, 1.165) is 0 Å². The second kappa shape index (κ2) is 18.0. The third kappa shape index (κ3) is 14.3. The largest absolute Gasteiger partial charge is 0.178 e. The molecule has 3 aromatic carbocycles. The average molecular weight is 767 g/mol. The Bertz CT molecular complexity index is 1020. The van der Waals surface area contributed by atoms with Crippen molar-refractivity contribution in [3.8, 4) is 0 Å². The van der Waals surface area contributed by atoms with E-state index in [4.69, 9.17) is 0 Å².